The van der Waals surface area contributed by atoms with E-state index in [1.807, 2.05) is 60.7 Å². The smallest absolute Gasteiger partial charge is 0.139 e. The van der Waals surface area contributed by atoms with Gasteiger partial charge in [-0.15, -0.1) is 0 Å². The highest BCUT2D eigenvalue weighted by Gasteiger charge is 2.30. The number of rotatable bonds is 7. The minimum atomic E-state index is -1.11. The monoisotopic (exact) mass is 324 g/mol. The van der Waals surface area contributed by atoms with Gasteiger partial charge in [-0.2, -0.15) is 0 Å². The molecule has 2 rings (SSSR count). The zero-order valence-corrected chi connectivity index (χ0v) is 14.2. The Kier molecular flexibility index (Phi) is 7.02. The molecule has 0 aliphatic heterocycles. The van der Waals surface area contributed by atoms with E-state index in [1.54, 1.807) is 0 Å². The molecule has 1 unspecified atom stereocenters. The molecule has 2 aromatic carbocycles. The van der Waals surface area contributed by atoms with Crippen LogP contribution in [0.25, 0.3) is 0 Å². The van der Waals surface area contributed by atoms with Crippen LogP contribution < -0.4 is 4.90 Å². The number of aliphatic hydroxyl groups is 2. The predicted molar refractivity (Wildman–Crippen MR) is 96.6 cm³/mol. The van der Waals surface area contributed by atoms with Crippen molar-refractivity contribution in [2.45, 2.75) is 18.9 Å². The number of hydrogen-bond donors (Lipinski definition) is 3. The van der Waals surface area contributed by atoms with Gasteiger partial charge in [0.05, 0.1) is 13.2 Å². The third-order valence-corrected chi connectivity index (χ3v) is 4.28. The summed E-state index contributed by atoms with van der Waals surface area (Å²) in [6.45, 7) is 4.56. The average Bonchev–Trinajstić information content (AvgIpc) is 2.65. The summed E-state index contributed by atoms with van der Waals surface area (Å²) in [4.78, 5) is 1.24. The second-order valence-electron chi connectivity index (χ2n) is 5.88. The molecule has 1 atom stereocenters. The predicted octanol–water partition coefficient (Wildman–Crippen LogP) is 1.21. The van der Waals surface area contributed by atoms with E-state index in [0.29, 0.717) is 19.5 Å². The van der Waals surface area contributed by atoms with Crippen LogP contribution in [-0.2, 0) is 5.60 Å². The van der Waals surface area contributed by atoms with Gasteiger partial charge in [0, 0.05) is 6.42 Å². The average molecular weight is 324 g/mol. The molecule has 126 valence electrons. The molecule has 3 N–H and O–H groups in total. The molecular formula is C21H26NO2+. The fourth-order valence-electron chi connectivity index (χ4n) is 2.72. The third-order valence-electron chi connectivity index (χ3n) is 4.28. The van der Waals surface area contributed by atoms with Gasteiger partial charge in [-0.05, 0) is 24.0 Å². The quantitative estimate of drug-likeness (QED) is 0.671. The third kappa shape index (κ3) is 4.69. The Morgan fingerprint density at radius 1 is 0.917 bits per heavy atom. The summed E-state index contributed by atoms with van der Waals surface area (Å²) < 4.78 is 0. The molecule has 0 aliphatic carbocycles. The van der Waals surface area contributed by atoms with E-state index in [-0.39, 0.29) is 6.61 Å². The maximum absolute atomic E-state index is 11.3. The van der Waals surface area contributed by atoms with Crippen molar-refractivity contribution in [3.63, 3.8) is 0 Å². The fourth-order valence-corrected chi connectivity index (χ4v) is 2.72. The van der Waals surface area contributed by atoms with E-state index >= 15 is 0 Å². The van der Waals surface area contributed by atoms with E-state index in [0.717, 1.165) is 17.7 Å². The van der Waals surface area contributed by atoms with Crippen molar-refractivity contribution in [2.24, 2.45) is 0 Å². The summed E-state index contributed by atoms with van der Waals surface area (Å²) in [5, 5.41) is 20.4. The minimum absolute atomic E-state index is 0.169. The maximum atomic E-state index is 11.3. The summed E-state index contributed by atoms with van der Waals surface area (Å²) in [6, 6.07) is 19.3. The fraction of sp³-hybridized carbons (Fsp3) is 0.333. The molecule has 0 aliphatic rings. The van der Waals surface area contributed by atoms with Crippen molar-refractivity contribution < 1.29 is 15.1 Å². The topological polar surface area (TPSA) is 44.9 Å². The lowest BCUT2D eigenvalue weighted by Crippen LogP contribution is -3.12. The Bertz CT molecular complexity index is 619. The molecule has 0 heterocycles. The highest BCUT2D eigenvalue weighted by molar-refractivity contribution is 5.37. The Morgan fingerprint density at radius 2 is 1.46 bits per heavy atom. The van der Waals surface area contributed by atoms with Crippen LogP contribution in [-0.4, -0.2) is 36.5 Å². The molecule has 0 saturated carbocycles. The van der Waals surface area contributed by atoms with E-state index in [2.05, 4.69) is 18.8 Å². The van der Waals surface area contributed by atoms with Crippen LogP contribution in [0.2, 0.25) is 0 Å². The van der Waals surface area contributed by atoms with E-state index < -0.39 is 5.60 Å². The molecule has 0 aromatic heterocycles. The molecule has 0 amide bonds. The first-order valence-electron chi connectivity index (χ1n) is 8.44. The van der Waals surface area contributed by atoms with Crippen molar-refractivity contribution in [3.05, 3.63) is 71.8 Å². The molecule has 2 aromatic rings. The molecular weight excluding hydrogens is 298 g/mol. The maximum Gasteiger partial charge on any atom is 0.139 e. The van der Waals surface area contributed by atoms with Crippen molar-refractivity contribution >= 4 is 0 Å². The van der Waals surface area contributed by atoms with Gasteiger partial charge in [-0.1, -0.05) is 66.6 Å². The molecule has 3 nitrogen and oxygen atoms in total. The lowest BCUT2D eigenvalue weighted by molar-refractivity contribution is -0.891. The lowest BCUT2D eigenvalue weighted by Gasteiger charge is -2.27. The first kappa shape index (κ1) is 18.2. The van der Waals surface area contributed by atoms with Crippen molar-refractivity contribution in [2.75, 3.05) is 26.2 Å². The summed E-state index contributed by atoms with van der Waals surface area (Å²) in [5.41, 5.74) is 0.583. The standard InChI is InChI=1S/C21H25NO2/c1-2-22(17-18-23)16-10-9-15-21(24,19-11-5-3-6-12-19)20-13-7-4-8-14-20/h3-8,11-14,23-24H,2,15-18H2,1H3/p+1. The number of benzene rings is 2. The van der Waals surface area contributed by atoms with Crippen LogP contribution in [0.3, 0.4) is 0 Å². The highest BCUT2D eigenvalue weighted by Crippen LogP contribution is 2.32. The summed E-state index contributed by atoms with van der Waals surface area (Å²) in [5.74, 6) is 6.30. The zero-order chi connectivity index (χ0) is 17.3. The molecule has 3 heteroatoms. The van der Waals surface area contributed by atoms with Crippen molar-refractivity contribution in [1.29, 1.82) is 0 Å². The van der Waals surface area contributed by atoms with Gasteiger partial charge in [0.2, 0.25) is 0 Å². The Labute approximate surface area is 144 Å². The van der Waals surface area contributed by atoms with Gasteiger partial charge < -0.3 is 15.1 Å². The van der Waals surface area contributed by atoms with Crippen LogP contribution >= 0.6 is 0 Å². The summed E-state index contributed by atoms with van der Waals surface area (Å²) in [7, 11) is 0. The number of hydrogen-bond acceptors (Lipinski definition) is 2. The van der Waals surface area contributed by atoms with E-state index in [9.17, 15) is 5.11 Å². The molecule has 0 bridgehead atoms. The number of quaternary nitrogens is 1. The number of nitrogens with one attached hydrogen (secondary N) is 1. The number of aliphatic hydroxyl groups excluding tert-OH is 1. The first-order chi connectivity index (χ1) is 11.7. The zero-order valence-electron chi connectivity index (χ0n) is 14.2. The second kappa shape index (κ2) is 9.24. The van der Waals surface area contributed by atoms with E-state index in [4.69, 9.17) is 5.11 Å². The minimum Gasteiger partial charge on any atom is -0.391 e. The molecule has 24 heavy (non-hydrogen) atoms. The van der Waals surface area contributed by atoms with Crippen LogP contribution in [0.5, 0.6) is 0 Å². The SMILES string of the molecule is CC[NH+](CC#CCC(O)(c1ccccc1)c1ccccc1)CCO. The Balaban J connectivity index is 2.20. The van der Waals surface area contributed by atoms with E-state index in [1.165, 1.54) is 4.90 Å². The Hall–Kier alpha value is -2.12. The van der Waals surface area contributed by atoms with Gasteiger partial charge >= 0.3 is 0 Å². The molecule has 0 radical (unpaired) electrons. The largest absolute Gasteiger partial charge is 0.391 e. The first-order valence-corrected chi connectivity index (χ1v) is 8.44. The molecule has 0 spiro atoms. The van der Waals surface area contributed by atoms with Crippen LogP contribution in [0.15, 0.2) is 60.7 Å². The summed E-state index contributed by atoms with van der Waals surface area (Å²) in [6.07, 6.45) is 0.344. The Morgan fingerprint density at radius 3 is 1.92 bits per heavy atom. The van der Waals surface area contributed by atoms with Gasteiger partial charge in [-0.25, -0.2) is 0 Å². The molecule has 0 saturated heterocycles. The van der Waals surface area contributed by atoms with Crippen LogP contribution in [0, 0.1) is 11.8 Å². The van der Waals surface area contributed by atoms with Crippen LogP contribution in [0.1, 0.15) is 24.5 Å². The van der Waals surface area contributed by atoms with Crippen molar-refractivity contribution in [3.8, 4) is 11.8 Å². The van der Waals surface area contributed by atoms with Gasteiger partial charge in [0.15, 0.2) is 0 Å². The molecule has 0 fully saturated rings. The van der Waals surface area contributed by atoms with Crippen LogP contribution in [0.4, 0.5) is 0 Å². The lowest BCUT2D eigenvalue weighted by atomic mass is 9.84. The van der Waals surface area contributed by atoms with Gasteiger partial charge in [0.1, 0.15) is 18.7 Å². The second-order valence-corrected chi connectivity index (χ2v) is 5.88. The van der Waals surface area contributed by atoms with Gasteiger partial charge in [-0.3, -0.25) is 0 Å². The van der Waals surface area contributed by atoms with Gasteiger partial charge in [0.25, 0.3) is 0 Å². The van der Waals surface area contributed by atoms with Crippen molar-refractivity contribution in [1.82, 2.24) is 0 Å². The summed E-state index contributed by atoms with van der Waals surface area (Å²) >= 11 is 0. The highest BCUT2D eigenvalue weighted by atomic mass is 16.3. The normalized spacial score (nSPS) is 12.3. The number of likely N-dealkylation sites (N-methyl/N-ethyl adjacent to an activating group) is 1.